The van der Waals surface area contributed by atoms with E-state index in [-0.39, 0.29) is 0 Å². The van der Waals surface area contributed by atoms with Crippen molar-refractivity contribution in [2.45, 2.75) is 39.8 Å². The molecule has 1 fully saturated rings. The topological polar surface area (TPSA) is 37.6 Å². The molecule has 4 nitrogen and oxygen atoms in total. The molecule has 1 saturated heterocycles. The predicted octanol–water partition coefficient (Wildman–Crippen LogP) is 2.64. The maximum absolute atomic E-state index is 5.78. The maximum Gasteiger partial charge on any atom is 0.123 e. The van der Waals surface area contributed by atoms with Gasteiger partial charge in [-0.3, -0.25) is 0 Å². The molecule has 0 saturated carbocycles. The monoisotopic (exact) mass is 280 g/mol. The zero-order valence-electron chi connectivity index (χ0n) is 12.9. The Bertz CT molecular complexity index is 370. The van der Waals surface area contributed by atoms with Crippen molar-refractivity contribution in [3.8, 4) is 0 Å². The van der Waals surface area contributed by atoms with Crippen LogP contribution in [-0.4, -0.2) is 37.7 Å². The van der Waals surface area contributed by atoms with Gasteiger partial charge in [0.05, 0.1) is 26.0 Å². The van der Waals surface area contributed by atoms with Gasteiger partial charge in [0.2, 0.25) is 0 Å². The molecule has 0 radical (unpaired) electrons. The average molecular weight is 280 g/mol. The lowest BCUT2D eigenvalue weighted by Crippen LogP contribution is -2.24. The first-order chi connectivity index (χ1) is 9.75. The molecular weight excluding hydrogens is 252 g/mol. The summed E-state index contributed by atoms with van der Waals surface area (Å²) in [6.07, 6.45) is 4.44. The minimum atomic E-state index is 0.656. The van der Waals surface area contributed by atoms with Crippen molar-refractivity contribution in [3.05, 3.63) is 23.7 Å². The van der Waals surface area contributed by atoms with Gasteiger partial charge < -0.3 is 19.4 Å². The SMILES string of the molecule is CC(C)CNCc1occc1COCCN1CCCC1. The predicted molar refractivity (Wildman–Crippen MR) is 80.6 cm³/mol. The van der Waals surface area contributed by atoms with E-state index >= 15 is 0 Å². The van der Waals surface area contributed by atoms with Gasteiger partial charge in [-0.2, -0.15) is 0 Å². The Hall–Kier alpha value is -0.840. The summed E-state index contributed by atoms with van der Waals surface area (Å²) in [6.45, 7) is 11.2. The summed E-state index contributed by atoms with van der Waals surface area (Å²) in [5, 5.41) is 3.41. The van der Waals surface area contributed by atoms with Gasteiger partial charge in [-0.05, 0) is 44.5 Å². The fraction of sp³-hybridized carbons (Fsp3) is 0.750. The van der Waals surface area contributed by atoms with E-state index in [0.29, 0.717) is 12.5 Å². The molecule has 2 heterocycles. The number of rotatable bonds is 9. The Kier molecular flexibility index (Phi) is 6.57. The van der Waals surface area contributed by atoms with Crippen molar-refractivity contribution < 1.29 is 9.15 Å². The molecule has 0 spiro atoms. The van der Waals surface area contributed by atoms with Crippen LogP contribution in [0.25, 0.3) is 0 Å². The van der Waals surface area contributed by atoms with E-state index in [1.807, 2.05) is 6.07 Å². The molecule has 2 rings (SSSR count). The summed E-state index contributed by atoms with van der Waals surface area (Å²) in [5.74, 6) is 1.66. The van der Waals surface area contributed by atoms with Gasteiger partial charge in [0.1, 0.15) is 5.76 Å². The second-order valence-corrected chi connectivity index (χ2v) is 6.00. The van der Waals surface area contributed by atoms with Crippen LogP contribution < -0.4 is 5.32 Å². The Morgan fingerprint density at radius 1 is 1.35 bits per heavy atom. The van der Waals surface area contributed by atoms with E-state index in [9.17, 15) is 0 Å². The molecule has 0 bridgehead atoms. The largest absolute Gasteiger partial charge is 0.468 e. The average Bonchev–Trinajstić information content (AvgIpc) is 3.06. The standard InChI is InChI=1S/C16H28N2O2/c1-14(2)11-17-12-16-15(5-9-20-16)13-19-10-8-18-6-3-4-7-18/h5,9,14,17H,3-4,6-8,10-13H2,1-2H3. The van der Waals surface area contributed by atoms with Crippen molar-refractivity contribution >= 4 is 0 Å². The Morgan fingerprint density at radius 3 is 2.90 bits per heavy atom. The molecule has 1 N–H and O–H groups in total. The highest BCUT2D eigenvalue weighted by Gasteiger charge is 2.11. The molecule has 4 heteroatoms. The van der Waals surface area contributed by atoms with Crippen LogP contribution in [0.2, 0.25) is 0 Å². The van der Waals surface area contributed by atoms with Crippen LogP contribution in [0.15, 0.2) is 16.7 Å². The minimum Gasteiger partial charge on any atom is -0.468 e. The van der Waals surface area contributed by atoms with Crippen LogP contribution in [0.3, 0.4) is 0 Å². The van der Waals surface area contributed by atoms with Crippen LogP contribution in [0.4, 0.5) is 0 Å². The van der Waals surface area contributed by atoms with Crippen LogP contribution in [0.5, 0.6) is 0 Å². The lowest BCUT2D eigenvalue weighted by Gasteiger charge is -2.14. The van der Waals surface area contributed by atoms with E-state index in [4.69, 9.17) is 9.15 Å². The highest BCUT2D eigenvalue weighted by molar-refractivity contribution is 5.15. The minimum absolute atomic E-state index is 0.656. The van der Waals surface area contributed by atoms with Gasteiger partial charge in [0.25, 0.3) is 0 Å². The van der Waals surface area contributed by atoms with Crippen LogP contribution >= 0.6 is 0 Å². The van der Waals surface area contributed by atoms with Crippen LogP contribution in [0, 0.1) is 5.92 Å². The molecule has 0 aromatic carbocycles. The number of likely N-dealkylation sites (tertiary alicyclic amines) is 1. The molecule has 0 atom stereocenters. The summed E-state index contributed by atoms with van der Waals surface area (Å²) in [6, 6.07) is 2.02. The van der Waals surface area contributed by atoms with Crippen LogP contribution in [0.1, 0.15) is 38.0 Å². The van der Waals surface area contributed by atoms with E-state index in [2.05, 4.69) is 24.1 Å². The summed E-state index contributed by atoms with van der Waals surface area (Å²) in [7, 11) is 0. The fourth-order valence-electron chi connectivity index (χ4n) is 2.51. The number of furan rings is 1. The first-order valence-corrected chi connectivity index (χ1v) is 7.82. The van der Waals surface area contributed by atoms with E-state index < -0.39 is 0 Å². The third-order valence-corrected chi connectivity index (χ3v) is 3.68. The first kappa shape index (κ1) is 15.5. The second-order valence-electron chi connectivity index (χ2n) is 6.00. The van der Waals surface area contributed by atoms with Crippen LogP contribution in [-0.2, 0) is 17.9 Å². The first-order valence-electron chi connectivity index (χ1n) is 7.82. The molecular formula is C16H28N2O2. The molecule has 20 heavy (non-hydrogen) atoms. The number of hydrogen-bond donors (Lipinski definition) is 1. The molecule has 0 amide bonds. The quantitative estimate of drug-likeness (QED) is 0.706. The summed E-state index contributed by atoms with van der Waals surface area (Å²) >= 11 is 0. The number of hydrogen-bond acceptors (Lipinski definition) is 4. The normalized spacial score (nSPS) is 16.4. The molecule has 1 aromatic rings. The number of nitrogens with zero attached hydrogens (tertiary/aromatic N) is 1. The summed E-state index contributed by atoms with van der Waals surface area (Å²) in [5.41, 5.74) is 1.17. The number of ether oxygens (including phenoxy) is 1. The molecule has 0 unspecified atom stereocenters. The summed E-state index contributed by atoms with van der Waals surface area (Å²) < 4.78 is 11.3. The zero-order chi connectivity index (χ0) is 14.2. The lowest BCUT2D eigenvalue weighted by atomic mass is 10.2. The highest BCUT2D eigenvalue weighted by Crippen LogP contribution is 2.12. The Balaban J connectivity index is 1.63. The third-order valence-electron chi connectivity index (χ3n) is 3.68. The zero-order valence-corrected chi connectivity index (χ0v) is 12.9. The molecule has 1 aliphatic rings. The smallest absolute Gasteiger partial charge is 0.123 e. The van der Waals surface area contributed by atoms with Gasteiger partial charge in [0.15, 0.2) is 0 Å². The third kappa shape index (κ3) is 5.27. The van der Waals surface area contributed by atoms with Gasteiger partial charge in [0, 0.05) is 12.1 Å². The second kappa shape index (κ2) is 8.45. The summed E-state index contributed by atoms with van der Waals surface area (Å²) in [4.78, 5) is 2.47. The van der Waals surface area contributed by atoms with Crippen molar-refractivity contribution in [1.82, 2.24) is 10.2 Å². The van der Waals surface area contributed by atoms with Gasteiger partial charge in [-0.15, -0.1) is 0 Å². The molecule has 1 aliphatic heterocycles. The van der Waals surface area contributed by atoms with E-state index in [1.54, 1.807) is 6.26 Å². The maximum atomic E-state index is 5.78. The van der Waals surface area contributed by atoms with Gasteiger partial charge in [-0.1, -0.05) is 13.8 Å². The highest BCUT2D eigenvalue weighted by atomic mass is 16.5. The Morgan fingerprint density at radius 2 is 2.15 bits per heavy atom. The van der Waals surface area contributed by atoms with Crippen molar-refractivity contribution in [2.75, 3.05) is 32.8 Å². The lowest BCUT2D eigenvalue weighted by molar-refractivity contribution is 0.0981. The van der Waals surface area contributed by atoms with Crippen molar-refractivity contribution in [1.29, 1.82) is 0 Å². The van der Waals surface area contributed by atoms with E-state index in [0.717, 1.165) is 32.0 Å². The van der Waals surface area contributed by atoms with Gasteiger partial charge >= 0.3 is 0 Å². The van der Waals surface area contributed by atoms with Crippen molar-refractivity contribution in [2.24, 2.45) is 5.92 Å². The van der Waals surface area contributed by atoms with Gasteiger partial charge in [-0.25, -0.2) is 0 Å². The van der Waals surface area contributed by atoms with Crippen molar-refractivity contribution in [3.63, 3.8) is 0 Å². The molecule has 1 aromatic heterocycles. The molecule has 114 valence electrons. The molecule has 0 aliphatic carbocycles. The van der Waals surface area contributed by atoms with E-state index in [1.165, 1.54) is 31.5 Å². The Labute approximate surface area is 122 Å². The fourth-order valence-corrected chi connectivity index (χ4v) is 2.51. The number of nitrogens with one attached hydrogen (secondary N) is 1.